The summed E-state index contributed by atoms with van der Waals surface area (Å²) in [6.45, 7) is 9.30. The number of furan rings is 1. The fourth-order valence-corrected chi connectivity index (χ4v) is 3.68. The van der Waals surface area contributed by atoms with E-state index in [2.05, 4.69) is 48.6 Å². The number of hydrogen-bond donors (Lipinski definition) is 2. The molecule has 1 aliphatic rings. The molecule has 6 nitrogen and oxygen atoms in total. The molecule has 3 heterocycles. The smallest absolute Gasteiger partial charge is 0.224 e. The van der Waals surface area contributed by atoms with Gasteiger partial charge in [-0.15, -0.1) is 12.4 Å². The molecular weight excluding hydrogens is 364 g/mol. The molecule has 0 saturated heterocycles. The summed E-state index contributed by atoms with van der Waals surface area (Å²) in [6, 6.07) is 4.20. The van der Waals surface area contributed by atoms with Gasteiger partial charge in [0.1, 0.15) is 5.58 Å². The molecule has 27 heavy (non-hydrogen) atoms. The molecular formula is C20H25ClN4O2. The van der Waals surface area contributed by atoms with Crippen LogP contribution in [0.3, 0.4) is 0 Å². The van der Waals surface area contributed by atoms with Gasteiger partial charge in [-0.2, -0.15) is 5.10 Å². The molecule has 0 unspecified atom stereocenters. The molecule has 2 N–H and O–H groups in total. The van der Waals surface area contributed by atoms with E-state index < -0.39 is 0 Å². The SMILES string of the molecule is Cc1cc(C)c2c(CC(=O)NCc3cc4n(n3)CCNC4)coc2c1C.Cl. The molecule has 0 saturated carbocycles. The topological polar surface area (TPSA) is 72.1 Å². The number of rotatable bonds is 4. The molecule has 0 spiro atoms. The second-order valence-corrected chi connectivity index (χ2v) is 7.08. The molecule has 1 aromatic carbocycles. The monoisotopic (exact) mass is 388 g/mol. The van der Waals surface area contributed by atoms with E-state index in [0.29, 0.717) is 13.0 Å². The molecule has 3 aromatic rings. The number of amides is 1. The van der Waals surface area contributed by atoms with Gasteiger partial charge in [0.05, 0.1) is 37.2 Å². The molecule has 4 rings (SSSR count). The van der Waals surface area contributed by atoms with Crippen molar-refractivity contribution in [3.8, 4) is 0 Å². The summed E-state index contributed by atoms with van der Waals surface area (Å²) in [4.78, 5) is 12.4. The minimum atomic E-state index is -0.0191. The van der Waals surface area contributed by atoms with Crippen LogP contribution < -0.4 is 10.6 Å². The molecule has 0 bridgehead atoms. The van der Waals surface area contributed by atoms with Crippen LogP contribution in [0.15, 0.2) is 22.8 Å². The first-order valence-corrected chi connectivity index (χ1v) is 9.03. The first-order chi connectivity index (χ1) is 12.5. The van der Waals surface area contributed by atoms with Gasteiger partial charge in [-0.3, -0.25) is 9.48 Å². The lowest BCUT2D eigenvalue weighted by Gasteiger charge is -2.13. The highest BCUT2D eigenvalue weighted by atomic mass is 35.5. The molecule has 1 aliphatic heterocycles. The molecule has 0 radical (unpaired) electrons. The lowest BCUT2D eigenvalue weighted by atomic mass is 9.99. The second-order valence-electron chi connectivity index (χ2n) is 7.08. The molecule has 2 aromatic heterocycles. The van der Waals surface area contributed by atoms with E-state index >= 15 is 0 Å². The standard InChI is InChI=1S/C20H24N4O2.ClH/c1-12-6-13(2)19-15(11-26-20(19)14(12)3)7-18(25)22-9-16-8-17-10-21-4-5-24(17)23-16;/h6,8,11,21H,4-5,7,9-10H2,1-3H3,(H,22,25);1H. The Kier molecular flexibility index (Phi) is 5.58. The number of benzene rings is 1. The maximum atomic E-state index is 12.4. The average Bonchev–Trinajstić information content (AvgIpc) is 3.22. The molecule has 7 heteroatoms. The predicted octanol–water partition coefficient (Wildman–Crippen LogP) is 2.94. The summed E-state index contributed by atoms with van der Waals surface area (Å²) < 4.78 is 7.77. The second kappa shape index (κ2) is 7.74. The summed E-state index contributed by atoms with van der Waals surface area (Å²) in [5.74, 6) is -0.0191. The molecule has 144 valence electrons. The maximum Gasteiger partial charge on any atom is 0.224 e. The van der Waals surface area contributed by atoms with Crippen LogP contribution in [0.1, 0.15) is 33.6 Å². The predicted molar refractivity (Wildman–Crippen MR) is 107 cm³/mol. The van der Waals surface area contributed by atoms with Crippen molar-refractivity contribution in [1.82, 2.24) is 20.4 Å². The Morgan fingerprint density at radius 2 is 2.11 bits per heavy atom. The largest absolute Gasteiger partial charge is 0.464 e. The molecule has 0 aliphatic carbocycles. The van der Waals surface area contributed by atoms with Crippen LogP contribution in [0.2, 0.25) is 0 Å². The number of carbonyl (C=O) groups excluding carboxylic acids is 1. The van der Waals surface area contributed by atoms with Crippen molar-refractivity contribution in [1.29, 1.82) is 0 Å². The quantitative estimate of drug-likeness (QED) is 0.720. The van der Waals surface area contributed by atoms with E-state index in [1.165, 1.54) is 11.3 Å². The molecule has 1 amide bonds. The third-order valence-corrected chi connectivity index (χ3v) is 5.16. The Morgan fingerprint density at radius 1 is 1.30 bits per heavy atom. The Morgan fingerprint density at radius 3 is 2.89 bits per heavy atom. The van der Waals surface area contributed by atoms with Gasteiger partial charge in [0.25, 0.3) is 0 Å². The highest BCUT2D eigenvalue weighted by molar-refractivity contribution is 5.91. The Balaban J connectivity index is 0.00000210. The van der Waals surface area contributed by atoms with Crippen LogP contribution in [-0.2, 0) is 30.8 Å². The number of aromatic nitrogens is 2. The van der Waals surface area contributed by atoms with Crippen LogP contribution >= 0.6 is 12.4 Å². The lowest BCUT2D eigenvalue weighted by molar-refractivity contribution is -0.120. The number of hydrogen-bond acceptors (Lipinski definition) is 4. The zero-order valence-corrected chi connectivity index (χ0v) is 16.7. The number of nitrogens with zero attached hydrogens (tertiary/aromatic N) is 2. The van der Waals surface area contributed by atoms with E-state index in [-0.39, 0.29) is 18.3 Å². The fourth-order valence-electron chi connectivity index (χ4n) is 3.68. The Labute approximate surface area is 164 Å². The van der Waals surface area contributed by atoms with Crippen LogP contribution in [0, 0.1) is 20.8 Å². The number of aryl methyl sites for hydroxylation is 3. The highest BCUT2D eigenvalue weighted by Gasteiger charge is 2.16. The van der Waals surface area contributed by atoms with E-state index in [4.69, 9.17) is 4.42 Å². The molecule has 0 fully saturated rings. The van der Waals surface area contributed by atoms with Gasteiger partial charge in [0.2, 0.25) is 5.91 Å². The van der Waals surface area contributed by atoms with Crippen molar-refractivity contribution in [2.24, 2.45) is 0 Å². The highest BCUT2D eigenvalue weighted by Crippen LogP contribution is 2.30. The fraction of sp³-hybridized carbons (Fsp3) is 0.400. The van der Waals surface area contributed by atoms with Crippen molar-refractivity contribution in [2.45, 2.75) is 46.8 Å². The number of fused-ring (bicyclic) bond motifs is 2. The summed E-state index contributed by atoms with van der Waals surface area (Å²) in [5.41, 5.74) is 7.38. The minimum Gasteiger partial charge on any atom is -0.464 e. The van der Waals surface area contributed by atoms with Crippen LogP contribution in [0.25, 0.3) is 11.0 Å². The summed E-state index contributed by atoms with van der Waals surface area (Å²) in [5, 5.41) is 11.9. The van der Waals surface area contributed by atoms with E-state index in [9.17, 15) is 4.79 Å². The third-order valence-electron chi connectivity index (χ3n) is 5.16. The van der Waals surface area contributed by atoms with Crippen molar-refractivity contribution in [3.63, 3.8) is 0 Å². The van der Waals surface area contributed by atoms with Crippen molar-refractivity contribution < 1.29 is 9.21 Å². The van der Waals surface area contributed by atoms with Gasteiger partial charge in [0, 0.05) is 24.0 Å². The van der Waals surface area contributed by atoms with Crippen molar-refractivity contribution in [2.75, 3.05) is 6.54 Å². The summed E-state index contributed by atoms with van der Waals surface area (Å²) >= 11 is 0. The number of carbonyl (C=O) groups is 1. The van der Waals surface area contributed by atoms with E-state index in [0.717, 1.165) is 53.0 Å². The first kappa shape index (κ1) is 19.5. The zero-order valence-electron chi connectivity index (χ0n) is 15.9. The molecule has 0 atom stereocenters. The van der Waals surface area contributed by atoms with Gasteiger partial charge in [-0.1, -0.05) is 6.07 Å². The van der Waals surface area contributed by atoms with Gasteiger partial charge in [-0.25, -0.2) is 0 Å². The van der Waals surface area contributed by atoms with Crippen LogP contribution in [0.5, 0.6) is 0 Å². The van der Waals surface area contributed by atoms with Crippen LogP contribution in [0.4, 0.5) is 0 Å². The zero-order chi connectivity index (χ0) is 18.3. The lowest BCUT2D eigenvalue weighted by Crippen LogP contribution is -2.28. The maximum absolute atomic E-state index is 12.4. The van der Waals surface area contributed by atoms with E-state index in [1.807, 2.05) is 4.68 Å². The normalized spacial score (nSPS) is 13.3. The Bertz CT molecular complexity index is 966. The van der Waals surface area contributed by atoms with Gasteiger partial charge >= 0.3 is 0 Å². The third kappa shape index (κ3) is 3.73. The minimum absolute atomic E-state index is 0. The van der Waals surface area contributed by atoms with E-state index in [1.54, 1.807) is 6.26 Å². The average molecular weight is 389 g/mol. The first-order valence-electron chi connectivity index (χ1n) is 9.03. The number of halogens is 1. The van der Waals surface area contributed by atoms with Gasteiger partial charge in [0.15, 0.2) is 0 Å². The van der Waals surface area contributed by atoms with Crippen molar-refractivity contribution in [3.05, 3.63) is 52.0 Å². The van der Waals surface area contributed by atoms with Gasteiger partial charge < -0.3 is 15.1 Å². The summed E-state index contributed by atoms with van der Waals surface area (Å²) in [7, 11) is 0. The van der Waals surface area contributed by atoms with Crippen molar-refractivity contribution >= 4 is 29.3 Å². The Hall–Kier alpha value is -2.31. The number of nitrogens with one attached hydrogen (secondary N) is 2. The van der Waals surface area contributed by atoms with Gasteiger partial charge in [-0.05, 0) is 43.5 Å². The summed E-state index contributed by atoms with van der Waals surface area (Å²) in [6.07, 6.45) is 2.02. The van der Waals surface area contributed by atoms with Crippen LogP contribution in [-0.4, -0.2) is 22.2 Å².